The van der Waals surface area contributed by atoms with Gasteiger partial charge in [-0.2, -0.15) is 0 Å². The van der Waals surface area contributed by atoms with Gasteiger partial charge in [-0.25, -0.2) is 0 Å². The molecule has 0 amide bonds. The summed E-state index contributed by atoms with van der Waals surface area (Å²) < 4.78 is 17.4. The van der Waals surface area contributed by atoms with E-state index in [1.54, 1.807) is 14.0 Å². The van der Waals surface area contributed by atoms with Crippen molar-refractivity contribution < 1.29 is 19.0 Å². The first-order valence-corrected chi connectivity index (χ1v) is 11.8. The van der Waals surface area contributed by atoms with Gasteiger partial charge in [-0.15, -0.1) is 0 Å². The Kier molecular flexibility index (Phi) is 9.39. The molecule has 0 aliphatic carbocycles. The van der Waals surface area contributed by atoms with Gasteiger partial charge in [0.25, 0.3) is 0 Å². The topological polar surface area (TPSA) is 48.0 Å². The minimum Gasteiger partial charge on any atom is -0.495 e. The van der Waals surface area contributed by atoms with E-state index in [9.17, 15) is 4.79 Å². The number of carbonyl (C=O) groups excluding carboxylic acids is 1. The molecule has 0 N–H and O–H groups in total. The highest BCUT2D eigenvalue weighted by Gasteiger charge is 2.25. The summed E-state index contributed by atoms with van der Waals surface area (Å²) in [6, 6.07) is 10.5. The summed E-state index contributed by atoms with van der Waals surface area (Å²) in [4.78, 5) is 14.9. The molecule has 1 aliphatic heterocycles. The number of aryl methyl sites for hydroxylation is 1. The summed E-state index contributed by atoms with van der Waals surface area (Å²) in [6.45, 7) is 8.02. The number of methoxy groups -OCH3 is 1. The monoisotopic (exact) mass is 459 g/mol. The Morgan fingerprint density at radius 3 is 2.44 bits per heavy atom. The lowest BCUT2D eigenvalue weighted by atomic mass is 9.95. The van der Waals surface area contributed by atoms with Crippen molar-refractivity contribution in [1.82, 2.24) is 4.90 Å². The normalized spacial score (nSPS) is 14.4. The van der Waals surface area contributed by atoms with Crippen LogP contribution in [-0.2, 0) is 17.6 Å². The number of ether oxygens (including phenoxy) is 3. The van der Waals surface area contributed by atoms with Crippen molar-refractivity contribution in [2.24, 2.45) is 0 Å². The number of carbonyl (C=O) groups is 1. The van der Waals surface area contributed by atoms with Crippen LogP contribution in [0.4, 0.5) is 0 Å². The molecule has 1 aliphatic rings. The molecular weight excluding hydrogens is 426 g/mol. The highest BCUT2D eigenvalue weighted by atomic mass is 35.5. The lowest BCUT2D eigenvalue weighted by Gasteiger charge is -2.27. The van der Waals surface area contributed by atoms with Crippen LogP contribution in [0.25, 0.3) is 0 Å². The Morgan fingerprint density at radius 2 is 1.78 bits per heavy atom. The van der Waals surface area contributed by atoms with Gasteiger partial charge in [0.05, 0.1) is 30.9 Å². The number of benzene rings is 2. The van der Waals surface area contributed by atoms with E-state index in [2.05, 4.69) is 29.2 Å². The zero-order valence-electron chi connectivity index (χ0n) is 19.4. The summed E-state index contributed by atoms with van der Waals surface area (Å²) in [6.07, 6.45) is 3.72. The third kappa shape index (κ3) is 6.25. The number of Topliss-reactive ketones (excluding diaryl/α,β-unsaturated/α-hetero) is 1. The molecule has 1 saturated heterocycles. The summed E-state index contributed by atoms with van der Waals surface area (Å²) in [5.41, 5.74) is 3.50. The van der Waals surface area contributed by atoms with Gasteiger partial charge in [-0.05, 0) is 50.7 Å². The minimum atomic E-state index is -0.0426. The third-order valence-corrected chi connectivity index (χ3v) is 6.43. The molecule has 5 nitrogen and oxygen atoms in total. The fourth-order valence-electron chi connectivity index (χ4n) is 4.24. The van der Waals surface area contributed by atoms with E-state index < -0.39 is 0 Å². The van der Waals surface area contributed by atoms with E-state index in [4.69, 9.17) is 25.8 Å². The van der Waals surface area contributed by atoms with Gasteiger partial charge in [0.1, 0.15) is 18.1 Å². The summed E-state index contributed by atoms with van der Waals surface area (Å²) in [7, 11) is 1.62. The van der Waals surface area contributed by atoms with E-state index in [1.807, 2.05) is 13.0 Å². The second-order valence-electron chi connectivity index (χ2n) is 8.21. The van der Waals surface area contributed by atoms with Crippen molar-refractivity contribution in [2.45, 2.75) is 39.5 Å². The van der Waals surface area contributed by atoms with Gasteiger partial charge in [-0.3, -0.25) is 9.69 Å². The lowest BCUT2D eigenvalue weighted by Crippen LogP contribution is -2.38. The third-order valence-electron chi connectivity index (χ3n) is 5.98. The zero-order chi connectivity index (χ0) is 22.9. The van der Waals surface area contributed by atoms with Crippen molar-refractivity contribution in [2.75, 3.05) is 46.6 Å². The van der Waals surface area contributed by atoms with Crippen LogP contribution in [0.1, 0.15) is 46.8 Å². The molecule has 0 atom stereocenters. The highest BCUT2D eigenvalue weighted by Crippen LogP contribution is 2.43. The molecule has 32 heavy (non-hydrogen) atoms. The van der Waals surface area contributed by atoms with Crippen LogP contribution in [0.5, 0.6) is 11.5 Å². The molecule has 174 valence electrons. The summed E-state index contributed by atoms with van der Waals surface area (Å²) in [5, 5.41) is 0.497. The Morgan fingerprint density at radius 1 is 1.09 bits per heavy atom. The van der Waals surface area contributed by atoms with Gasteiger partial charge in [0, 0.05) is 25.2 Å². The number of unbranched alkanes of at least 4 members (excludes halogenated alkanes) is 1. The molecule has 2 aromatic rings. The van der Waals surface area contributed by atoms with E-state index in [0.717, 1.165) is 64.1 Å². The smallest absolute Gasteiger partial charge is 0.163 e. The fraction of sp³-hybridized carbons (Fsp3) is 0.500. The highest BCUT2D eigenvalue weighted by molar-refractivity contribution is 6.33. The molecule has 0 radical (unpaired) electrons. The van der Waals surface area contributed by atoms with E-state index in [0.29, 0.717) is 34.3 Å². The molecule has 2 aromatic carbocycles. The number of hydrogen-bond acceptors (Lipinski definition) is 5. The largest absolute Gasteiger partial charge is 0.495 e. The predicted octanol–water partition coefficient (Wildman–Crippen LogP) is 5.14. The molecule has 0 spiro atoms. The number of ketones is 1. The fourth-order valence-corrected chi connectivity index (χ4v) is 4.52. The minimum absolute atomic E-state index is 0.0426. The van der Waals surface area contributed by atoms with Crippen LogP contribution in [0, 0.1) is 6.92 Å². The Bertz CT molecular complexity index is 895. The van der Waals surface area contributed by atoms with Gasteiger partial charge in [0.15, 0.2) is 5.78 Å². The molecule has 0 aromatic heterocycles. The van der Waals surface area contributed by atoms with E-state index in [1.165, 1.54) is 5.56 Å². The molecule has 1 fully saturated rings. The van der Waals surface area contributed by atoms with Crippen LogP contribution in [0.3, 0.4) is 0 Å². The maximum atomic E-state index is 12.6. The standard InChI is InChI=1S/C26H34ClNO4/c1-19-23(20(2)29)25(32-18-15-28-13-16-31-17-14-28)22(26(30-3)24(19)27)12-8-7-11-21-9-5-4-6-10-21/h4-6,9-10H,7-8,11-18H2,1-3H3. The van der Waals surface area contributed by atoms with Crippen LogP contribution >= 0.6 is 11.6 Å². The average molecular weight is 460 g/mol. The zero-order valence-corrected chi connectivity index (χ0v) is 20.2. The first-order chi connectivity index (χ1) is 15.5. The molecule has 6 heteroatoms. The van der Waals surface area contributed by atoms with E-state index >= 15 is 0 Å². The molecule has 1 heterocycles. The second-order valence-corrected chi connectivity index (χ2v) is 8.58. The first-order valence-electron chi connectivity index (χ1n) is 11.4. The van der Waals surface area contributed by atoms with Gasteiger partial charge < -0.3 is 14.2 Å². The summed E-state index contributed by atoms with van der Waals surface area (Å²) >= 11 is 6.63. The molecule has 3 rings (SSSR count). The van der Waals surface area contributed by atoms with Crippen LogP contribution in [-0.4, -0.2) is 57.2 Å². The van der Waals surface area contributed by atoms with Gasteiger partial charge >= 0.3 is 0 Å². The Labute approximate surface area is 196 Å². The van der Waals surface area contributed by atoms with Crippen LogP contribution in [0.2, 0.25) is 5.02 Å². The van der Waals surface area contributed by atoms with Crippen molar-refractivity contribution in [3.8, 4) is 11.5 Å². The lowest BCUT2D eigenvalue weighted by molar-refractivity contribution is 0.0321. The Hall–Kier alpha value is -2.08. The van der Waals surface area contributed by atoms with Crippen LogP contribution in [0.15, 0.2) is 30.3 Å². The van der Waals surface area contributed by atoms with Crippen molar-refractivity contribution >= 4 is 17.4 Å². The number of nitrogens with zero attached hydrogens (tertiary/aromatic N) is 1. The maximum Gasteiger partial charge on any atom is 0.163 e. The second kappa shape index (κ2) is 12.2. The number of morpholine rings is 1. The Balaban J connectivity index is 1.78. The van der Waals surface area contributed by atoms with Gasteiger partial charge in [0.2, 0.25) is 0 Å². The van der Waals surface area contributed by atoms with Crippen molar-refractivity contribution in [1.29, 1.82) is 0 Å². The van der Waals surface area contributed by atoms with Crippen LogP contribution < -0.4 is 9.47 Å². The molecule has 0 saturated carbocycles. The summed E-state index contributed by atoms with van der Waals surface area (Å²) in [5.74, 6) is 1.21. The van der Waals surface area contributed by atoms with Gasteiger partial charge in [-0.1, -0.05) is 41.9 Å². The predicted molar refractivity (Wildman–Crippen MR) is 129 cm³/mol. The van der Waals surface area contributed by atoms with Crippen molar-refractivity contribution in [3.63, 3.8) is 0 Å². The first kappa shape index (κ1) is 24.6. The number of rotatable bonds is 11. The van der Waals surface area contributed by atoms with Crippen molar-refractivity contribution in [3.05, 3.63) is 57.6 Å². The number of halogens is 1. The SMILES string of the molecule is COc1c(Cl)c(C)c(C(C)=O)c(OCCN2CCOCC2)c1CCCCc1ccccc1. The molecule has 0 bridgehead atoms. The molecule has 0 unspecified atom stereocenters. The quantitative estimate of drug-likeness (QED) is 0.344. The molecular formula is C26H34ClNO4. The average Bonchev–Trinajstić information content (AvgIpc) is 2.80. The maximum absolute atomic E-state index is 12.6. The number of hydrogen-bond donors (Lipinski definition) is 0. The van der Waals surface area contributed by atoms with E-state index in [-0.39, 0.29) is 5.78 Å².